The van der Waals surface area contributed by atoms with Crippen LogP contribution >= 0.6 is 0 Å². The number of ketones is 1. The van der Waals surface area contributed by atoms with Crippen LogP contribution in [0.5, 0.6) is 5.75 Å². The first-order valence-corrected chi connectivity index (χ1v) is 5.28. The van der Waals surface area contributed by atoms with Crippen LogP contribution in [-0.4, -0.2) is 18.6 Å². The summed E-state index contributed by atoms with van der Waals surface area (Å²) in [5.74, 6) is -0.362. The minimum Gasteiger partial charge on any atom is -0.492 e. The van der Waals surface area contributed by atoms with Gasteiger partial charge in [0, 0.05) is 12.0 Å². The van der Waals surface area contributed by atoms with Gasteiger partial charge in [0.2, 0.25) is 0 Å². The number of para-hydroxylation sites is 1. The topological polar surface area (TPSA) is 26.3 Å². The van der Waals surface area contributed by atoms with E-state index in [0.717, 1.165) is 0 Å². The zero-order chi connectivity index (χ0) is 12.5. The molecule has 1 aliphatic heterocycles. The number of halogens is 3. The van der Waals surface area contributed by atoms with Gasteiger partial charge >= 0.3 is 6.18 Å². The highest BCUT2D eigenvalue weighted by Gasteiger charge is 2.33. The summed E-state index contributed by atoms with van der Waals surface area (Å²) < 4.78 is 41.3. The third kappa shape index (κ3) is 2.78. The number of rotatable bonds is 3. The summed E-state index contributed by atoms with van der Waals surface area (Å²) in [5, 5.41) is 0. The van der Waals surface area contributed by atoms with Crippen LogP contribution in [0.25, 0.3) is 0 Å². The quantitative estimate of drug-likeness (QED) is 0.816. The Morgan fingerprint density at radius 3 is 2.76 bits per heavy atom. The summed E-state index contributed by atoms with van der Waals surface area (Å²) in [6.45, 7) is 0.149. The SMILES string of the molecule is O=C(CCC(F)(F)F)C1COc2ccccc21. The van der Waals surface area contributed by atoms with Crippen molar-refractivity contribution in [2.75, 3.05) is 6.61 Å². The Bertz CT molecular complexity index is 426. The molecule has 0 fully saturated rings. The molecule has 1 heterocycles. The molecule has 5 heteroatoms. The van der Waals surface area contributed by atoms with Crippen LogP contribution in [0.15, 0.2) is 24.3 Å². The monoisotopic (exact) mass is 244 g/mol. The Morgan fingerprint density at radius 2 is 2.06 bits per heavy atom. The molecule has 1 aliphatic rings. The molecule has 1 aromatic carbocycles. The van der Waals surface area contributed by atoms with E-state index in [4.69, 9.17) is 4.74 Å². The molecule has 0 spiro atoms. The number of fused-ring (bicyclic) bond motifs is 1. The zero-order valence-electron chi connectivity index (χ0n) is 8.96. The van der Waals surface area contributed by atoms with E-state index in [9.17, 15) is 18.0 Å². The van der Waals surface area contributed by atoms with Crippen molar-refractivity contribution >= 4 is 5.78 Å². The van der Waals surface area contributed by atoms with Gasteiger partial charge in [0.1, 0.15) is 18.1 Å². The first-order valence-electron chi connectivity index (χ1n) is 5.28. The van der Waals surface area contributed by atoms with Crippen molar-refractivity contribution in [3.63, 3.8) is 0 Å². The standard InChI is InChI=1S/C12H11F3O2/c13-12(14,15)6-5-10(16)9-7-17-11-4-2-1-3-8(9)11/h1-4,9H,5-7H2. The normalized spacial score (nSPS) is 18.6. The van der Waals surface area contributed by atoms with Crippen LogP contribution in [0.3, 0.4) is 0 Å². The first kappa shape index (κ1) is 12.0. The van der Waals surface area contributed by atoms with Crippen LogP contribution < -0.4 is 4.74 Å². The minimum atomic E-state index is -4.28. The number of Topliss-reactive ketones (excluding diaryl/α,β-unsaturated/α-hetero) is 1. The lowest BCUT2D eigenvalue weighted by Gasteiger charge is -2.09. The van der Waals surface area contributed by atoms with Gasteiger partial charge in [-0.3, -0.25) is 4.79 Å². The highest BCUT2D eigenvalue weighted by molar-refractivity contribution is 5.87. The molecule has 0 saturated heterocycles. The molecular weight excluding hydrogens is 233 g/mol. The fourth-order valence-corrected chi connectivity index (χ4v) is 1.87. The molecule has 0 aliphatic carbocycles. The molecule has 0 N–H and O–H groups in total. The van der Waals surface area contributed by atoms with Gasteiger partial charge in [-0.15, -0.1) is 0 Å². The average molecular weight is 244 g/mol. The van der Waals surface area contributed by atoms with Gasteiger partial charge < -0.3 is 4.74 Å². The van der Waals surface area contributed by atoms with Crippen LogP contribution in [0.4, 0.5) is 13.2 Å². The smallest absolute Gasteiger partial charge is 0.389 e. The van der Waals surface area contributed by atoms with Gasteiger partial charge in [-0.05, 0) is 6.07 Å². The third-order valence-electron chi connectivity index (χ3n) is 2.74. The van der Waals surface area contributed by atoms with Crippen LogP contribution in [-0.2, 0) is 4.79 Å². The lowest BCUT2D eigenvalue weighted by molar-refractivity contribution is -0.143. The van der Waals surface area contributed by atoms with Gasteiger partial charge in [-0.25, -0.2) is 0 Å². The van der Waals surface area contributed by atoms with Crippen molar-refractivity contribution in [3.8, 4) is 5.75 Å². The van der Waals surface area contributed by atoms with E-state index in [1.165, 1.54) is 0 Å². The number of hydrogen-bond donors (Lipinski definition) is 0. The number of ether oxygens (including phenoxy) is 1. The van der Waals surface area contributed by atoms with E-state index in [2.05, 4.69) is 0 Å². The van der Waals surface area contributed by atoms with E-state index in [1.54, 1.807) is 24.3 Å². The van der Waals surface area contributed by atoms with Gasteiger partial charge in [-0.1, -0.05) is 18.2 Å². The molecule has 0 saturated carbocycles. The number of carbonyl (C=O) groups excluding carboxylic acids is 1. The first-order chi connectivity index (χ1) is 7.97. The van der Waals surface area contributed by atoms with Crippen molar-refractivity contribution in [2.45, 2.75) is 24.9 Å². The van der Waals surface area contributed by atoms with E-state index < -0.39 is 30.7 Å². The number of hydrogen-bond acceptors (Lipinski definition) is 2. The maximum Gasteiger partial charge on any atom is 0.389 e. The molecule has 17 heavy (non-hydrogen) atoms. The number of alkyl halides is 3. The molecule has 1 aromatic rings. The van der Waals surface area contributed by atoms with Crippen LogP contribution in [0.1, 0.15) is 24.3 Å². The summed E-state index contributed by atoms with van der Waals surface area (Å²) in [6.07, 6.45) is -5.83. The highest BCUT2D eigenvalue weighted by Crippen LogP contribution is 2.35. The van der Waals surface area contributed by atoms with E-state index in [0.29, 0.717) is 11.3 Å². The molecule has 92 valence electrons. The average Bonchev–Trinajstić information content (AvgIpc) is 2.68. The summed E-state index contributed by atoms with van der Waals surface area (Å²) in [7, 11) is 0. The predicted molar refractivity (Wildman–Crippen MR) is 55.0 cm³/mol. The molecule has 0 amide bonds. The van der Waals surface area contributed by atoms with Gasteiger partial charge in [0.25, 0.3) is 0 Å². The molecular formula is C12H11F3O2. The van der Waals surface area contributed by atoms with E-state index in [1.807, 2.05) is 0 Å². The van der Waals surface area contributed by atoms with E-state index >= 15 is 0 Å². The van der Waals surface area contributed by atoms with Crippen LogP contribution in [0, 0.1) is 0 Å². The Labute approximate surface area is 96.4 Å². The summed E-state index contributed by atoms with van der Waals surface area (Å²) in [6, 6.07) is 6.95. The lowest BCUT2D eigenvalue weighted by Crippen LogP contribution is -2.17. The Hall–Kier alpha value is -1.52. The van der Waals surface area contributed by atoms with Crippen LogP contribution in [0.2, 0.25) is 0 Å². The molecule has 1 unspecified atom stereocenters. The fourth-order valence-electron chi connectivity index (χ4n) is 1.87. The summed E-state index contributed by atoms with van der Waals surface area (Å²) in [5.41, 5.74) is 0.694. The molecule has 2 rings (SSSR count). The second-order valence-corrected chi connectivity index (χ2v) is 3.98. The Balaban J connectivity index is 2.03. The molecule has 0 bridgehead atoms. The fraction of sp³-hybridized carbons (Fsp3) is 0.417. The number of carbonyl (C=O) groups is 1. The third-order valence-corrected chi connectivity index (χ3v) is 2.74. The lowest BCUT2D eigenvalue weighted by atomic mass is 9.94. The summed E-state index contributed by atoms with van der Waals surface area (Å²) in [4.78, 5) is 11.7. The molecule has 0 radical (unpaired) electrons. The minimum absolute atomic E-state index is 0.149. The maximum absolute atomic E-state index is 12.0. The largest absolute Gasteiger partial charge is 0.492 e. The van der Waals surface area contributed by atoms with Crippen molar-refractivity contribution in [2.24, 2.45) is 0 Å². The summed E-state index contributed by atoms with van der Waals surface area (Å²) >= 11 is 0. The second-order valence-electron chi connectivity index (χ2n) is 3.98. The zero-order valence-corrected chi connectivity index (χ0v) is 8.96. The van der Waals surface area contributed by atoms with Crippen molar-refractivity contribution in [1.82, 2.24) is 0 Å². The van der Waals surface area contributed by atoms with Crippen molar-refractivity contribution < 1.29 is 22.7 Å². The molecule has 0 aromatic heterocycles. The Kier molecular flexibility index (Phi) is 3.09. The maximum atomic E-state index is 12.0. The van der Waals surface area contributed by atoms with Crippen molar-refractivity contribution in [3.05, 3.63) is 29.8 Å². The predicted octanol–water partition coefficient (Wildman–Crippen LogP) is 3.07. The van der Waals surface area contributed by atoms with E-state index in [-0.39, 0.29) is 6.61 Å². The van der Waals surface area contributed by atoms with Gasteiger partial charge in [0.15, 0.2) is 0 Å². The second kappa shape index (κ2) is 4.39. The molecule has 2 nitrogen and oxygen atoms in total. The van der Waals surface area contributed by atoms with Gasteiger partial charge in [0.05, 0.1) is 12.3 Å². The van der Waals surface area contributed by atoms with Crippen molar-refractivity contribution in [1.29, 1.82) is 0 Å². The number of benzene rings is 1. The Morgan fingerprint density at radius 1 is 1.35 bits per heavy atom. The van der Waals surface area contributed by atoms with Gasteiger partial charge in [-0.2, -0.15) is 13.2 Å². The highest BCUT2D eigenvalue weighted by atomic mass is 19.4. The molecule has 1 atom stereocenters.